The summed E-state index contributed by atoms with van der Waals surface area (Å²) in [6.45, 7) is 2.03. The molecule has 5 heteroatoms. The molecule has 1 saturated carbocycles. The predicted octanol–water partition coefficient (Wildman–Crippen LogP) is 3.93. The van der Waals surface area contributed by atoms with Gasteiger partial charge in [0.05, 0.1) is 5.54 Å². The van der Waals surface area contributed by atoms with Gasteiger partial charge >= 0.3 is 0 Å². The standard InChI is InChI=1S/C15H18BrN3O/c1-10-9-11(16)5-6-12(10)13-18-14(19-20-13)15(17)7-3-2-4-8-15/h5-6,9H,2-4,7-8,17H2,1H3. The molecule has 3 rings (SSSR count). The number of aromatic nitrogens is 2. The number of nitrogens with zero attached hydrogens (tertiary/aromatic N) is 2. The third kappa shape index (κ3) is 2.52. The molecule has 20 heavy (non-hydrogen) atoms. The third-order valence-corrected chi connectivity index (χ3v) is 4.53. The topological polar surface area (TPSA) is 64.9 Å². The highest BCUT2D eigenvalue weighted by atomic mass is 79.9. The van der Waals surface area contributed by atoms with Crippen LogP contribution < -0.4 is 5.73 Å². The Kier molecular flexibility index (Phi) is 3.65. The predicted molar refractivity (Wildman–Crippen MR) is 81.1 cm³/mol. The summed E-state index contributed by atoms with van der Waals surface area (Å²) in [6.07, 6.45) is 5.39. The van der Waals surface area contributed by atoms with Crippen LogP contribution in [-0.2, 0) is 5.54 Å². The summed E-state index contributed by atoms with van der Waals surface area (Å²) in [5, 5.41) is 4.13. The summed E-state index contributed by atoms with van der Waals surface area (Å²) >= 11 is 3.46. The van der Waals surface area contributed by atoms with Gasteiger partial charge in [0.25, 0.3) is 5.89 Å². The molecule has 1 aromatic heterocycles. The number of aryl methyl sites for hydroxylation is 1. The molecular weight excluding hydrogens is 318 g/mol. The molecule has 0 amide bonds. The fraction of sp³-hybridized carbons (Fsp3) is 0.467. The van der Waals surface area contributed by atoms with Crippen LogP contribution in [0.15, 0.2) is 27.2 Å². The molecule has 2 aromatic rings. The number of halogens is 1. The average molecular weight is 336 g/mol. The van der Waals surface area contributed by atoms with Gasteiger partial charge in [0, 0.05) is 10.0 Å². The van der Waals surface area contributed by atoms with Crippen LogP contribution in [0.3, 0.4) is 0 Å². The van der Waals surface area contributed by atoms with Crippen molar-refractivity contribution in [1.82, 2.24) is 10.1 Å². The molecule has 2 N–H and O–H groups in total. The zero-order chi connectivity index (χ0) is 14.2. The normalized spacial score (nSPS) is 18.1. The van der Waals surface area contributed by atoms with Gasteiger partial charge < -0.3 is 10.3 Å². The van der Waals surface area contributed by atoms with Gasteiger partial charge in [-0.15, -0.1) is 0 Å². The molecule has 0 aliphatic heterocycles. The Morgan fingerprint density at radius 3 is 2.70 bits per heavy atom. The first-order chi connectivity index (χ1) is 9.58. The first-order valence-electron chi connectivity index (χ1n) is 6.98. The van der Waals surface area contributed by atoms with E-state index in [2.05, 4.69) is 26.1 Å². The van der Waals surface area contributed by atoms with Crippen molar-refractivity contribution < 1.29 is 4.52 Å². The lowest BCUT2D eigenvalue weighted by molar-refractivity contribution is 0.275. The van der Waals surface area contributed by atoms with E-state index in [1.165, 1.54) is 6.42 Å². The smallest absolute Gasteiger partial charge is 0.258 e. The monoisotopic (exact) mass is 335 g/mol. The zero-order valence-corrected chi connectivity index (χ0v) is 13.1. The van der Waals surface area contributed by atoms with Crippen molar-refractivity contribution in [1.29, 1.82) is 0 Å². The van der Waals surface area contributed by atoms with Crippen molar-refractivity contribution in [3.8, 4) is 11.5 Å². The van der Waals surface area contributed by atoms with E-state index in [0.717, 1.165) is 41.3 Å². The van der Waals surface area contributed by atoms with Crippen molar-refractivity contribution in [3.63, 3.8) is 0 Å². The van der Waals surface area contributed by atoms with Gasteiger partial charge in [0.15, 0.2) is 5.82 Å². The highest BCUT2D eigenvalue weighted by molar-refractivity contribution is 9.10. The first-order valence-corrected chi connectivity index (χ1v) is 7.77. The van der Waals surface area contributed by atoms with Crippen LogP contribution >= 0.6 is 15.9 Å². The quantitative estimate of drug-likeness (QED) is 0.903. The molecule has 0 saturated heterocycles. The van der Waals surface area contributed by atoms with E-state index in [1.54, 1.807) is 0 Å². The summed E-state index contributed by atoms with van der Waals surface area (Å²) in [4.78, 5) is 4.55. The molecule has 1 aliphatic carbocycles. The minimum absolute atomic E-state index is 0.413. The Hall–Kier alpha value is -1.20. The van der Waals surface area contributed by atoms with Crippen molar-refractivity contribution in [3.05, 3.63) is 34.1 Å². The fourth-order valence-electron chi connectivity index (χ4n) is 2.81. The number of nitrogens with two attached hydrogens (primary N) is 1. The summed E-state index contributed by atoms with van der Waals surface area (Å²) in [5.74, 6) is 1.20. The number of hydrogen-bond acceptors (Lipinski definition) is 4. The van der Waals surface area contributed by atoms with Crippen LogP contribution in [0.1, 0.15) is 43.5 Å². The Morgan fingerprint density at radius 2 is 2.00 bits per heavy atom. The van der Waals surface area contributed by atoms with Gasteiger partial charge in [0.1, 0.15) is 0 Å². The van der Waals surface area contributed by atoms with Gasteiger partial charge in [-0.2, -0.15) is 4.98 Å². The minimum atomic E-state index is -0.413. The van der Waals surface area contributed by atoms with E-state index in [4.69, 9.17) is 10.3 Å². The Labute approximate surface area is 126 Å². The maximum absolute atomic E-state index is 6.44. The average Bonchev–Trinajstić information content (AvgIpc) is 2.90. The Balaban J connectivity index is 1.93. The summed E-state index contributed by atoms with van der Waals surface area (Å²) in [6, 6.07) is 6.00. The second-order valence-corrected chi connectivity index (χ2v) is 6.51. The van der Waals surface area contributed by atoms with E-state index in [-0.39, 0.29) is 0 Å². The van der Waals surface area contributed by atoms with Crippen LogP contribution in [0.5, 0.6) is 0 Å². The molecule has 0 bridgehead atoms. The molecule has 0 atom stereocenters. The molecule has 4 nitrogen and oxygen atoms in total. The Morgan fingerprint density at radius 1 is 1.25 bits per heavy atom. The largest absolute Gasteiger partial charge is 0.334 e. The van der Waals surface area contributed by atoms with E-state index < -0.39 is 5.54 Å². The van der Waals surface area contributed by atoms with Gasteiger partial charge in [-0.3, -0.25) is 0 Å². The van der Waals surface area contributed by atoms with Gasteiger partial charge in [-0.05, 0) is 43.5 Å². The molecule has 1 heterocycles. The number of hydrogen-bond donors (Lipinski definition) is 1. The van der Waals surface area contributed by atoms with E-state index >= 15 is 0 Å². The second kappa shape index (κ2) is 5.30. The van der Waals surface area contributed by atoms with Crippen LogP contribution in [0.25, 0.3) is 11.5 Å². The molecule has 0 radical (unpaired) electrons. The van der Waals surface area contributed by atoms with Crippen LogP contribution in [-0.4, -0.2) is 10.1 Å². The van der Waals surface area contributed by atoms with Crippen molar-refractivity contribution in [2.75, 3.05) is 0 Å². The third-order valence-electron chi connectivity index (χ3n) is 4.04. The van der Waals surface area contributed by atoms with Crippen molar-refractivity contribution in [2.24, 2.45) is 5.73 Å². The maximum Gasteiger partial charge on any atom is 0.258 e. The van der Waals surface area contributed by atoms with Crippen molar-refractivity contribution >= 4 is 15.9 Å². The zero-order valence-electron chi connectivity index (χ0n) is 11.5. The van der Waals surface area contributed by atoms with E-state index in [0.29, 0.717) is 11.7 Å². The lowest BCUT2D eigenvalue weighted by Gasteiger charge is -2.29. The molecule has 1 aliphatic rings. The van der Waals surface area contributed by atoms with Crippen molar-refractivity contribution in [2.45, 2.75) is 44.6 Å². The van der Waals surface area contributed by atoms with Crippen LogP contribution in [0, 0.1) is 6.92 Å². The summed E-state index contributed by atoms with van der Waals surface area (Å²) in [5.41, 5.74) is 8.09. The maximum atomic E-state index is 6.44. The molecule has 0 unspecified atom stereocenters. The SMILES string of the molecule is Cc1cc(Br)ccc1-c1nc(C2(N)CCCCC2)no1. The van der Waals surface area contributed by atoms with Gasteiger partial charge in [-0.1, -0.05) is 40.3 Å². The Bertz CT molecular complexity index is 617. The molecule has 106 valence electrons. The molecular formula is C15H18BrN3O. The molecule has 0 spiro atoms. The van der Waals surface area contributed by atoms with Crippen LogP contribution in [0.4, 0.5) is 0 Å². The van der Waals surface area contributed by atoms with Gasteiger partial charge in [-0.25, -0.2) is 0 Å². The summed E-state index contributed by atoms with van der Waals surface area (Å²) in [7, 11) is 0. The highest BCUT2D eigenvalue weighted by Crippen LogP contribution is 2.34. The molecule has 1 fully saturated rings. The second-order valence-electron chi connectivity index (χ2n) is 5.60. The lowest BCUT2D eigenvalue weighted by atomic mass is 9.82. The van der Waals surface area contributed by atoms with Crippen LogP contribution in [0.2, 0.25) is 0 Å². The highest BCUT2D eigenvalue weighted by Gasteiger charge is 2.34. The van der Waals surface area contributed by atoms with Gasteiger partial charge in [0.2, 0.25) is 0 Å². The number of rotatable bonds is 2. The fourth-order valence-corrected chi connectivity index (χ4v) is 3.28. The number of benzene rings is 1. The summed E-state index contributed by atoms with van der Waals surface area (Å²) < 4.78 is 6.48. The minimum Gasteiger partial charge on any atom is -0.334 e. The van der Waals surface area contributed by atoms with E-state index in [9.17, 15) is 0 Å². The molecule has 1 aromatic carbocycles. The van der Waals surface area contributed by atoms with E-state index in [1.807, 2.05) is 25.1 Å². The first kappa shape index (κ1) is 13.8. The lowest BCUT2D eigenvalue weighted by Crippen LogP contribution is -2.39.